The average molecular weight is 449 g/mol. The zero-order valence-electron chi connectivity index (χ0n) is 10.8. The molecule has 0 spiro atoms. The summed E-state index contributed by atoms with van der Waals surface area (Å²) in [4.78, 5) is 21.1. The molecule has 1 saturated heterocycles. The van der Waals surface area contributed by atoms with Crippen LogP contribution in [0.25, 0.3) is 0 Å². The maximum absolute atomic E-state index is 10.1. The van der Waals surface area contributed by atoms with Gasteiger partial charge in [0, 0.05) is 33.4 Å². The predicted octanol–water partition coefficient (Wildman–Crippen LogP) is 0.00160. The number of nitrogens with one attached hydrogen (secondary N) is 1. The van der Waals surface area contributed by atoms with Crippen LogP contribution in [0.5, 0.6) is 0 Å². The minimum absolute atomic E-state index is 0. The molecule has 0 bridgehead atoms. The third-order valence-electron chi connectivity index (χ3n) is 2.33. The van der Waals surface area contributed by atoms with Crippen molar-refractivity contribution < 1.29 is 39.5 Å². The van der Waals surface area contributed by atoms with Gasteiger partial charge in [-0.05, 0) is 25.1 Å². The third-order valence-corrected chi connectivity index (χ3v) is 2.33. The van der Waals surface area contributed by atoms with Crippen molar-refractivity contribution >= 4 is 12.7 Å². The molecule has 1 aliphatic rings. The van der Waals surface area contributed by atoms with Gasteiger partial charge in [0.15, 0.2) is 0 Å². The molecular weight excluding hydrogens is 428 g/mol. The van der Waals surface area contributed by atoms with Crippen molar-refractivity contribution in [1.82, 2.24) is 10.2 Å². The second kappa shape index (κ2) is 13.4. The van der Waals surface area contributed by atoms with Gasteiger partial charge in [0.2, 0.25) is 6.41 Å². The molecule has 2 unspecified atom stereocenters. The Labute approximate surface area is 126 Å². The second-order valence-corrected chi connectivity index (χ2v) is 3.60. The fourth-order valence-electron chi connectivity index (χ4n) is 1.44. The largest absolute Gasteiger partial charge is 0.394 e. The number of ether oxygens (including phenoxy) is 1. The summed E-state index contributed by atoms with van der Waals surface area (Å²) in [5, 5.41) is 11.0. The minimum atomic E-state index is -0.0444. The van der Waals surface area contributed by atoms with Crippen LogP contribution < -0.4 is 5.32 Å². The van der Waals surface area contributed by atoms with Crippen LogP contribution in [-0.2, 0) is 34.4 Å². The van der Waals surface area contributed by atoms with Crippen molar-refractivity contribution in [2.75, 3.05) is 13.7 Å². The molecule has 0 aromatic heterocycles. The summed E-state index contributed by atoms with van der Waals surface area (Å²) >= 11 is 0. The Hall–Kier alpha value is -1.01. The Balaban J connectivity index is 0. The zero-order valence-corrected chi connectivity index (χ0v) is 13.2. The van der Waals surface area contributed by atoms with Gasteiger partial charge in [0.05, 0.1) is 12.7 Å². The summed E-state index contributed by atoms with van der Waals surface area (Å²) in [5.74, 6) is 0. The molecule has 6 nitrogen and oxygen atoms in total. The topological polar surface area (TPSA) is 78.9 Å². The fraction of sp³-hybridized carbons (Fsp3) is 0.500. The Bertz CT molecular complexity index is 281. The summed E-state index contributed by atoms with van der Waals surface area (Å²) in [6, 6.07) is 0. The second-order valence-electron chi connectivity index (χ2n) is 3.60. The maximum atomic E-state index is 10.1. The first-order valence-electron chi connectivity index (χ1n) is 5.60. The van der Waals surface area contributed by atoms with E-state index in [1.54, 1.807) is 6.20 Å². The van der Waals surface area contributed by atoms with E-state index in [0.29, 0.717) is 6.41 Å². The molecule has 0 aromatic rings. The van der Waals surface area contributed by atoms with Crippen LogP contribution in [0.3, 0.4) is 0 Å². The van der Waals surface area contributed by atoms with E-state index in [4.69, 9.17) is 9.84 Å². The Morgan fingerprint density at radius 1 is 1.47 bits per heavy atom. The molecule has 0 aliphatic carbocycles. The molecule has 19 heavy (non-hydrogen) atoms. The van der Waals surface area contributed by atoms with E-state index in [2.05, 4.69) is 11.9 Å². The molecule has 2 N–H and O–H groups in total. The van der Waals surface area contributed by atoms with Crippen LogP contribution in [0.4, 0.5) is 0 Å². The van der Waals surface area contributed by atoms with Crippen LogP contribution in [0.15, 0.2) is 25.1 Å². The van der Waals surface area contributed by atoms with E-state index in [1.165, 1.54) is 12.3 Å². The molecule has 1 amide bonds. The number of aldehydes is 1. The number of aliphatic hydroxyl groups excluding tert-OH is 1. The van der Waals surface area contributed by atoms with Crippen molar-refractivity contribution in [3.05, 3.63) is 25.1 Å². The molecule has 2 atom stereocenters. The molecule has 0 aromatic carbocycles. The van der Waals surface area contributed by atoms with Crippen molar-refractivity contribution in [2.45, 2.75) is 25.2 Å². The Morgan fingerprint density at radius 2 is 2.16 bits per heavy atom. The van der Waals surface area contributed by atoms with Crippen molar-refractivity contribution in [1.29, 1.82) is 0 Å². The monoisotopic (exact) mass is 449 g/mol. The number of aliphatic hydroxyl groups is 1. The summed E-state index contributed by atoms with van der Waals surface area (Å²) < 4.78 is 5.48. The fourth-order valence-corrected chi connectivity index (χ4v) is 1.44. The zero-order chi connectivity index (χ0) is 13.8. The van der Waals surface area contributed by atoms with Gasteiger partial charge in [0.25, 0.3) is 0 Å². The van der Waals surface area contributed by atoms with Crippen molar-refractivity contribution in [2.24, 2.45) is 0 Å². The number of carbonyl (C=O) groups excluding carboxylic acids is 2. The van der Waals surface area contributed by atoms with Gasteiger partial charge < -0.3 is 20.1 Å². The molecule has 1 fully saturated rings. The Kier molecular flexibility index (Phi) is 14.3. The standard InChI is InChI=1S/C9H15NO3.C3H5NO.Ir/c1-10(5-2-6-11)9-4-3-8(7-12)13-9;1-2-4-3-5;/h2,5-6,8-9,12H,3-4,7H2,1H3;2-3H,1H2,(H,4,5);/b5-2-;;. The minimum Gasteiger partial charge on any atom is -0.394 e. The van der Waals surface area contributed by atoms with Crippen LogP contribution in [-0.4, -0.2) is 48.7 Å². The molecule has 7 heteroatoms. The molecule has 1 radical (unpaired) electrons. The van der Waals surface area contributed by atoms with E-state index in [0.717, 1.165) is 19.1 Å². The number of hydrogen-bond donors (Lipinski definition) is 2. The van der Waals surface area contributed by atoms with Crippen LogP contribution in [0, 0.1) is 0 Å². The smallest absolute Gasteiger partial charge is 0.211 e. The van der Waals surface area contributed by atoms with E-state index >= 15 is 0 Å². The van der Waals surface area contributed by atoms with E-state index in [-0.39, 0.29) is 39.0 Å². The quantitative estimate of drug-likeness (QED) is 0.442. The summed E-state index contributed by atoms with van der Waals surface area (Å²) in [5.41, 5.74) is 0. The first-order valence-corrected chi connectivity index (χ1v) is 5.60. The van der Waals surface area contributed by atoms with E-state index < -0.39 is 0 Å². The molecule has 111 valence electrons. The first-order chi connectivity index (χ1) is 8.69. The number of carbonyl (C=O) groups is 2. The summed E-state index contributed by atoms with van der Waals surface area (Å²) in [6.45, 7) is 3.28. The van der Waals surface area contributed by atoms with Gasteiger partial charge in [-0.15, -0.1) is 0 Å². The predicted molar refractivity (Wildman–Crippen MR) is 67.3 cm³/mol. The van der Waals surface area contributed by atoms with Gasteiger partial charge >= 0.3 is 0 Å². The number of amides is 1. The maximum Gasteiger partial charge on any atom is 0.211 e. The average Bonchev–Trinajstić information content (AvgIpc) is 2.86. The summed E-state index contributed by atoms with van der Waals surface area (Å²) in [7, 11) is 1.85. The summed E-state index contributed by atoms with van der Waals surface area (Å²) in [6.07, 6.45) is 7.43. The van der Waals surface area contributed by atoms with Crippen molar-refractivity contribution in [3.8, 4) is 0 Å². The van der Waals surface area contributed by atoms with Gasteiger partial charge in [-0.1, -0.05) is 6.58 Å². The molecule has 1 heterocycles. The van der Waals surface area contributed by atoms with Gasteiger partial charge in [0.1, 0.15) is 12.5 Å². The van der Waals surface area contributed by atoms with Crippen molar-refractivity contribution in [3.63, 3.8) is 0 Å². The van der Waals surface area contributed by atoms with E-state index in [9.17, 15) is 9.59 Å². The molecular formula is C12H20IrN2O4. The molecule has 1 rings (SSSR count). The van der Waals surface area contributed by atoms with Crippen LogP contribution in [0.2, 0.25) is 0 Å². The Morgan fingerprint density at radius 3 is 2.53 bits per heavy atom. The SMILES string of the molecule is C=CNC=O.CN(/C=C\C=O)C1CCC(CO)O1.[Ir]. The van der Waals surface area contributed by atoms with Crippen LogP contribution >= 0.6 is 0 Å². The van der Waals surface area contributed by atoms with Gasteiger partial charge in [-0.2, -0.15) is 0 Å². The first kappa shape index (κ1) is 20.3. The third kappa shape index (κ3) is 9.55. The molecule has 0 saturated carbocycles. The van der Waals surface area contributed by atoms with E-state index in [1.807, 2.05) is 11.9 Å². The van der Waals surface area contributed by atoms with Gasteiger partial charge in [-0.25, -0.2) is 0 Å². The number of allylic oxidation sites excluding steroid dienone is 1. The molecule has 1 aliphatic heterocycles. The number of nitrogens with zero attached hydrogens (tertiary/aromatic N) is 1. The number of hydrogen-bond acceptors (Lipinski definition) is 5. The number of rotatable bonds is 6. The van der Waals surface area contributed by atoms with Crippen LogP contribution in [0.1, 0.15) is 12.8 Å². The normalized spacial score (nSPS) is 20.7. The van der Waals surface area contributed by atoms with Gasteiger partial charge in [-0.3, -0.25) is 9.59 Å².